The van der Waals surface area contributed by atoms with Crippen LogP contribution in [0.1, 0.15) is 18.8 Å². The Bertz CT molecular complexity index is 792. The monoisotopic (exact) mass is 388 g/mol. The van der Waals surface area contributed by atoms with Gasteiger partial charge >= 0.3 is 0 Å². The first kappa shape index (κ1) is 20.1. The van der Waals surface area contributed by atoms with E-state index in [1.807, 2.05) is 0 Å². The zero-order valence-corrected chi connectivity index (χ0v) is 15.5. The molecule has 0 radical (unpaired) electrons. The molecule has 0 aliphatic heterocycles. The molecule has 0 aliphatic rings. The van der Waals surface area contributed by atoms with Gasteiger partial charge in [-0.3, -0.25) is 9.29 Å². The molecule has 26 heavy (non-hydrogen) atoms. The molecule has 0 fully saturated rings. The van der Waals surface area contributed by atoms with Crippen LogP contribution in [0.4, 0.5) is 10.3 Å². The van der Waals surface area contributed by atoms with E-state index in [2.05, 4.69) is 24.9 Å². The molecule has 0 aromatic carbocycles. The molecular weight excluding hydrogens is 367 g/mol. The number of aromatic nitrogens is 5. The lowest BCUT2D eigenvalue weighted by atomic mass is 10.3. The summed E-state index contributed by atoms with van der Waals surface area (Å²) in [7, 11) is -0.747. The van der Waals surface area contributed by atoms with E-state index in [0.717, 1.165) is 12.4 Å². The highest BCUT2D eigenvalue weighted by atomic mass is 32.2. The van der Waals surface area contributed by atoms with Crippen LogP contribution in [0.3, 0.4) is 0 Å². The molecule has 12 heteroatoms. The first-order valence-corrected chi connectivity index (χ1v) is 9.27. The third-order valence-electron chi connectivity index (χ3n) is 3.59. The fourth-order valence-corrected chi connectivity index (χ4v) is 3.19. The first-order valence-electron chi connectivity index (χ1n) is 7.72. The van der Waals surface area contributed by atoms with E-state index >= 15 is 0 Å². The summed E-state index contributed by atoms with van der Waals surface area (Å²) in [6, 6.07) is -0.298. The maximum atomic E-state index is 12.9. The fourth-order valence-electron chi connectivity index (χ4n) is 2.22. The molecule has 0 saturated carbocycles. The van der Waals surface area contributed by atoms with Crippen LogP contribution in [0.5, 0.6) is 0 Å². The molecule has 10 nitrogen and oxygen atoms in total. The number of methoxy groups -OCH3 is 2. The number of ether oxygens (including phenoxy) is 2. The third kappa shape index (κ3) is 5.16. The molecular formula is C14H21FN6O4S. The van der Waals surface area contributed by atoms with Crippen molar-refractivity contribution in [3.8, 4) is 0 Å². The minimum atomic E-state index is -3.81. The zero-order valence-electron chi connectivity index (χ0n) is 14.7. The number of rotatable bonds is 10. The van der Waals surface area contributed by atoms with E-state index in [-0.39, 0.29) is 24.2 Å². The van der Waals surface area contributed by atoms with Crippen molar-refractivity contribution < 1.29 is 22.3 Å². The van der Waals surface area contributed by atoms with Gasteiger partial charge in [-0.05, 0) is 6.92 Å². The van der Waals surface area contributed by atoms with Crippen LogP contribution < -0.4 is 4.72 Å². The second-order valence-electron chi connectivity index (χ2n) is 5.61. The molecule has 2 rings (SSSR count). The highest BCUT2D eigenvalue weighted by molar-refractivity contribution is 7.93. The molecule has 2 aromatic heterocycles. The van der Waals surface area contributed by atoms with Crippen LogP contribution in [0.15, 0.2) is 18.7 Å². The highest BCUT2D eigenvalue weighted by Crippen LogP contribution is 2.17. The normalized spacial score (nSPS) is 13.1. The van der Waals surface area contributed by atoms with E-state index in [1.54, 1.807) is 0 Å². The smallest absolute Gasteiger partial charge is 0.238 e. The third-order valence-corrected chi connectivity index (χ3v) is 5.28. The van der Waals surface area contributed by atoms with Crippen molar-refractivity contribution in [2.45, 2.75) is 24.6 Å². The van der Waals surface area contributed by atoms with Crippen LogP contribution in [-0.2, 0) is 25.9 Å². The van der Waals surface area contributed by atoms with Crippen LogP contribution in [0, 0.1) is 5.82 Å². The average molecular weight is 388 g/mol. The zero-order chi connectivity index (χ0) is 19.2. The number of nitrogens with zero attached hydrogens (tertiary/aromatic N) is 5. The summed E-state index contributed by atoms with van der Waals surface area (Å²) >= 11 is 0. The Labute approximate surface area is 150 Å². The van der Waals surface area contributed by atoms with Crippen molar-refractivity contribution in [1.29, 1.82) is 0 Å². The van der Waals surface area contributed by atoms with E-state index in [0.29, 0.717) is 13.2 Å². The maximum Gasteiger partial charge on any atom is 0.238 e. The van der Waals surface area contributed by atoms with Crippen molar-refractivity contribution in [3.63, 3.8) is 0 Å². The summed E-state index contributed by atoms with van der Waals surface area (Å²) in [6.45, 7) is 2.08. The molecule has 2 heterocycles. The lowest BCUT2D eigenvalue weighted by Gasteiger charge is -2.20. The Hall–Kier alpha value is -2.18. The molecule has 0 amide bonds. The van der Waals surface area contributed by atoms with Crippen molar-refractivity contribution >= 4 is 16.0 Å². The van der Waals surface area contributed by atoms with E-state index < -0.39 is 21.1 Å². The Balaban J connectivity index is 2.13. The van der Waals surface area contributed by atoms with E-state index in [9.17, 15) is 12.8 Å². The Morgan fingerprint density at radius 2 is 1.85 bits per heavy atom. The van der Waals surface area contributed by atoms with Gasteiger partial charge in [-0.1, -0.05) is 0 Å². The van der Waals surface area contributed by atoms with Gasteiger partial charge < -0.3 is 9.47 Å². The highest BCUT2D eigenvalue weighted by Gasteiger charge is 2.26. The number of nitrogens with one attached hydrogen (secondary N) is 1. The van der Waals surface area contributed by atoms with Gasteiger partial charge in [0.05, 0.1) is 36.9 Å². The van der Waals surface area contributed by atoms with Gasteiger partial charge in [-0.15, -0.1) is 10.2 Å². The largest absolute Gasteiger partial charge is 0.382 e. The molecule has 0 aliphatic carbocycles. The predicted octanol–water partition coefficient (Wildman–Crippen LogP) is 0.414. The molecule has 0 spiro atoms. The minimum Gasteiger partial charge on any atom is -0.382 e. The second-order valence-corrected chi connectivity index (χ2v) is 7.70. The van der Waals surface area contributed by atoms with Gasteiger partial charge in [-0.25, -0.2) is 22.8 Å². The van der Waals surface area contributed by atoms with Gasteiger partial charge in [0.1, 0.15) is 12.2 Å². The Morgan fingerprint density at radius 1 is 1.23 bits per heavy atom. The molecule has 1 atom stereocenters. The van der Waals surface area contributed by atoms with E-state index in [4.69, 9.17) is 9.47 Å². The summed E-state index contributed by atoms with van der Waals surface area (Å²) < 4.78 is 52.2. The first-order chi connectivity index (χ1) is 12.4. The van der Waals surface area contributed by atoms with E-state index in [1.165, 1.54) is 32.0 Å². The molecule has 2 aromatic rings. The molecule has 144 valence electrons. The van der Waals surface area contributed by atoms with Crippen molar-refractivity contribution in [1.82, 2.24) is 24.7 Å². The lowest BCUT2D eigenvalue weighted by Crippen LogP contribution is -2.30. The van der Waals surface area contributed by atoms with Crippen LogP contribution in [0.2, 0.25) is 0 Å². The summed E-state index contributed by atoms with van der Waals surface area (Å²) in [5, 5.41) is 6.70. The fraction of sp³-hybridized carbons (Fsp3) is 0.571. The van der Waals surface area contributed by atoms with Crippen molar-refractivity contribution in [3.05, 3.63) is 30.4 Å². The SMILES string of the molecule is COCC(COC)n1cnnc1NS(=O)(=O)[C@@H](C)Cc1ncc(F)cn1. The van der Waals surface area contributed by atoms with Gasteiger partial charge in [0, 0.05) is 20.6 Å². The molecule has 0 saturated heterocycles. The van der Waals surface area contributed by atoms with Gasteiger partial charge in [0.15, 0.2) is 5.82 Å². The Morgan fingerprint density at radius 3 is 2.42 bits per heavy atom. The minimum absolute atomic E-state index is 0.0172. The molecule has 0 bridgehead atoms. The Kier molecular flexibility index (Phi) is 6.94. The number of hydrogen-bond acceptors (Lipinski definition) is 8. The topological polar surface area (TPSA) is 121 Å². The number of sulfonamides is 1. The molecule has 1 N–H and O–H groups in total. The predicted molar refractivity (Wildman–Crippen MR) is 90.5 cm³/mol. The van der Waals surface area contributed by atoms with Crippen LogP contribution in [0.25, 0.3) is 0 Å². The van der Waals surface area contributed by atoms with Gasteiger partial charge in [0.2, 0.25) is 16.0 Å². The molecule has 0 unspecified atom stereocenters. The van der Waals surface area contributed by atoms with Crippen LogP contribution >= 0.6 is 0 Å². The summed E-state index contributed by atoms with van der Waals surface area (Å²) in [4.78, 5) is 7.56. The maximum absolute atomic E-state index is 12.9. The van der Waals surface area contributed by atoms with Crippen molar-refractivity contribution in [2.24, 2.45) is 0 Å². The summed E-state index contributed by atoms with van der Waals surface area (Å²) in [5.74, 6) is -0.309. The van der Waals surface area contributed by atoms with Gasteiger partial charge in [0.25, 0.3) is 0 Å². The lowest BCUT2D eigenvalue weighted by molar-refractivity contribution is 0.0902. The van der Waals surface area contributed by atoms with Crippen LogP contribution in [-0.4, -0.2) is 65.8 Å². The second kappa shape index (κ2) is 8.96. The van der Waals surface area contributed by atoms with Crippen molar-refractivity contribution in [2.75, 3.05) is 32.2 Å². The average Bonchev–Trinajstić information content (AvgIpc) is 3.04. The number of halogens is 1. The summed E-state index contributed by atoms with van der Waals surface area (Å²) in [5.41, 5.74) is 0. The quantitative estimate of drug-likeness (QED) is 0.621. The number of anilines is 1. The van der Waals surface area contributed by atoms with Gasteiger partial charge in [-0.2, -0.15) is 0 Å². The standard InChI is InChI=1S/C14H21FN6O4S/c1-10(4-13-16-5-11(15)6-17-13)26(22,23)20-14-19-18-9-21(14)12(7-24-2)8-25-3/h5-6,9-10,12H,4,7-8H2,1-3H3,(H,19,20)/t10-/m0/s1. The summed E-state index contributed by atoms with van der Waals surface area (Å²) in [6.07, 6.45) is 3.40. The number of hydrogen-bond donors (Lipinski definition) is 1.